The molecule has 0 saturated carbocycles. The molecule has 2 aromatic carbocycles. The van der Waals surface area contributed by atoms with Crippen LogP contribution in [0.5, 0.6) is 0 Å². The molecule has 9 heteroatoms. The van der Waals surface area contributed by atoms with Gasteiger partial charge in [-0.25, -0.2) is 8.42 Å². The van der Waals surface area contributed by atoms with Crippen LogP contribution < -0.4 is 16.0 Å². The number of rotatable bonds is 5. The summed E-state index contributed by atoms with van der Waals surface area (Å²) in [5.74, 6) is -0.655. The molecule has 1 atom stereocenters. The maximum absolute atomic E-state index is 12.9. The molecular formula is C23H22N4O4S. The van der Waals surface area contributed by atoms with Crippen molar-refractivity contribution in [2.45, 2.75) is 23.6 Å². The average molecular weight is 451 g/mol. The number of benzene rings is 2. The summed E-state index contributed by atoms with van der Waals surface area (Å²) in [5.41, 5.74) is 3.05. The quantitative estimate of drug-likeness (QED) is 0.550. The summed E-state index contributed by atoms with van der Waals surface area (Å²) in [6.07, 6.45) is 2.96. The van der Waals surface area contributed by atoms with Crippen LogP contribution in [0.15, 0.2) is 71.9 Å². The van der Waals surface area contributed by atoms with Crippen molar-refractivity contribution in [3.63, 3.8) is 0 Å². The van der Waals surface area contributed by atoms with Crippen LogP contribution in [-0.2, 0) is 25.2 Å². The standard InChI is InChI=1S/C23H22N4O4S/c1-15(28)26-17-10-18(12-24-11-17)27-22(29)13-25-23-19-7-3-2-6-16(19)14-32(30,31)21-9-5-4-8-20(21)23/h2-12,23,25H,13-14H2,1H3,(H,26,28)(H,27,29). The third kappa shape index (κ3) is 4.68. The van der Waals surface area contributed by atoms with Gasteiger partial charge < -0.3 is 10.6 Å². The minimum absolute atomic E-state index is 0.0578. The number of carbonyl (C=O) groups excluding carboxylic acids is 2. The summed E-state index contributed by atoms with van der Waals surface area (Å²) < 4.78 is 25.9. The van der Waals surface area contributed by atoms with Crippen molar-refractivity contribution in [2.75, 3.05) is 17.2 Å². The normalized spacial score (nSPS) is 16.2. The van der Waals surface area contributed by atoms with Crippen LogP contribution in [0.1, 0.15) is 29.7 Å². The molecule has 32 heavy (non-hydrogen) atoms. The molecule has 1 aliphatic heterocycles. The molecule has 0 radical (unpaired) electrons. The van der Waals surface area contributed by atoms with Gasteiger partial charge in [0.1, 0.15) is 0 Å². The Balaban J connectivity index is 1.57. The molecule has 1 aromatic heterocycles. The first-order chi connectivity index (χ1) is 15.3. The predicted molar refractivity (Wildman–Crippen MR) is 121 cm³/mol. The van der Waals surface area contributed by atoms with Gasteiger partial charge in [0, 0.05) is 6.92 Å². The van der Waals surface area contributed by atoms with Crippen molar-refractivity contribution >= 4 is 33.0 Å². The molecule has 1 unspecified atom stereocenters. The number of amides is 2. The molecule has 3 aromatic rings. The Kier molecular flexibility index (Phi) is 6.02. The Hall–Kier alpha value is -3.56. The summed E-state index contributed by atoms with van der Waals surface area (Å²) in [6, 6.07) is 15.3. The summed E-state index contributed by atoms with van der Waals surface area (Å²) >= 11 is 0. The van der Waals surface area contributed by atoms with Gasteiger partial charge in [0.2, 0.25) is 11.8 Å². The SMILES string of the molecule is CC(=O)Nc1cncc(NC(=O)CNC2c3ccccc3CS(=O)(=O)c3ccccc32)c1. The zero-order chi connectivity index (χ0) is 22.7. The van der Waals surface area contributed by atoms with Gasteiger partial charge in [-0.15, -0.1) is 0 Å². The van der Waals surface area contributed by atoms with Crippen molar-refractivity contribution in [1.29, 1.82) is 0 Å². The second kappa shape index (κ2) is 8.89. The molecule has 8 nitrogen and oxygen atoms in total. The summed E-state index contributed by atoms with van der Waals surface area (Å²) in [7, 11) is -3.51. The third-order valence-corrected chi connectivity index (χ3v) is 6.82. The topological polar surface area (TPSA) is 117 Å². The molecule has 0 spiro atoms. The first-order valence-electron chi connectivity index (χ1n) is 9.99. The number of carbonyl (C=O) groups is 2. The van der Waals surface area contributed by atoms with Crippen molar-refractivity contribution in [3.8, 4) is 0 Å². The number of hydrogen-bond acceptors (Lipinski definition) is 6. The molecule has 0 saturated heterocycles. The molecular weight excluding hydrogens is 428 g/mol. The van der Waals surface area contributed by atoms with Gasteiger partial charge in [-0.1, -0.05) is 42.5 Å². The Morgan fingerprint density at radius 3 is 2.38 bits per heavy atom. The highest BCUT2D eigenvalue weighted by Crippen LogP contribution is 2.35. The Morgan fingerprint density at radius 1 is 0.969 bits per heavy atom. The fourth-order valence-corrected chi connectivity index (χ4v) is 5.46. The highest BCUT2D eigenvalue weighted by Gasteiger charge is 2.31. The van der Waals surface area contributed by atoms with Gasteiger partial charge in [0.25, 0.3) is 0 Å². The number of pyridine rings is 1. The lowest BCUT2D eigenvalue weighted by Crippen LogP contribution is -2.32. The van der Waals surface area contributed by atoms with E-state index in [1.54, 1.807) is 36.4 Å². The Morgan fingerprint density at radius 2 is 1.62 bits per heavy atom. The highest BCUT2D eigenvalue weighted by molar-refractivity contribution is 7.90. The van der Waals surface area contributed by atoms with E-state index in [4.69, 9.17) is 0 Å². The van der Waals surface area contributed by atoms with Crippen molar-refractivity contribution < 1.29 is 18.0 Å². The Bertz CT molecular complexity index is 1290. The van der Waals surface area contributed by atoms with E-state index in [9.17, 15) is 18.0 Å². The number of aromatic nitrogens is 1. The summed E-state index contributed by atoms with van der Waals surface area (Å²) in [6.45, 7) is 1.33. The predicted octanol–water partition coefficient (Wildman–Crippen LogP) is 2.65. The minimum Gasteiger partial charge on any atom is -0.325 e. The maximum atomic E-state index is 12.9. The summed E-state index contributed by atoms with van der Waals surface area (Å²) in [4.78, 5) is 28.1. The van der Waals surface area contributed by atoms with Gasteiger partial charge in [-0.2, -0.15) is 0 Å². The van der Waals surface area contributed by atoms with Crippen LogP contribution in [0.4, 0.5) is 11.4 Å². The van der Waals surface area contributed by atoms with E-state index in [1.807, 2.05) is 18.2 Å². The fraction of sp³-hybridized carbons (Fsp3) is 0.174. The monoisotopic (exact) mass is 450 g/mol. The average Bonchev–Trinajstić information content (AvgIpc) is 2.84. The lowest BCUT2D eigenvalue weighted by Gasteiger charge is -2.21. The van der Waals surface area contributed by atoms with E-state index in [0.29, 0.717) is 22.5 Å². The van der Waals surface area contributed by atoms with Crippen LogP contribution in [0.3, 0.4) is 0 Å². The zero-order valence-corrected chi connectivity index (χ0v) is 18.1. The van der Waals surface area contributed by atoms with Gasteiger partial charge >= 0.3 is 0 Å². The smallest absolute Gasteiger partial charge is 0.238 e. The van der Waals surface area contributed by atoms with E-state index in [2.05, 4.69) is 20.9 Å². The number of sulfone groups is 1. The lowest BCUT2D eigenvalue weighted by molar-refractivity contribution is -0.115. The highest BCUT2D eigenvalue weighted by atomic mass is 32.2. The van der Waals surface area contributed by atoms with E-state index >= 15 is 0 Å². The first-order valence-corrected chi connectivity index (χ1v) is 11.6. The molecule has 164 valence electrons. The van der Waals surface area contributed by atoms with Crippen molar-refractivity contribution in [1.82, 2.24) is 10.3 Å². The van der Waals surface area contributed by atoms with Crippen LogP contribution >= 0.6 is 0 Å². The molecule has 3 N–H and O–H groups in total. The molecule has 2 amide bonds. The van der Waals surface area contributed by atoms with E-state index < -0.39 is 15.9 Å². The number of hydrogen-bond donors (Lipinski definition) is 3. The van der Waals surface area contributed by atoms with Crippen LogP contribution in [0, 0.1) is 0 Å². The van der Waals surface area contributed by atoms with Crippen LogP contribution in [0.2, 0.25) is 0 Å². The number of anilines is 2. The van der Waals surface area contributed by atoms with Gasteiger partial charge in [-0.3, -0.25) is 19.9 Å². The second-order valence-corrected chi connectivity index (χ2v) is 9.46. The molecule has 0 aliphatic carbocycles. The second-order valence-electron chi connectivity index (χ2n) is 7.50. The third-order valence-electron chi connectivity index (χ3n) is 5.09. The van der Waals surface area contributed by atoms with Crippen molar-refractivity contribution in [3.05, 3.63) is 83.7 Å². The van der Waals surface area contributed by atoms with E-state index in [-0.39, 0.29) is 29.0 Å². The minimum atomic E-state index is -3.51. The molecule has 0 bridgehead atoms. The van der Waals surface area contributed by atoms with Gasteiger partial charge in [0.05, 0.1) is 47.0 Å². The fourth-order valence-electron chi connectivity index (χ4n) is 3.80. The molecule has 1 aliphatic rings. The zero-order valence-electron chi connectivity index (χ0n) is 17.3. The first kappa shape index (κ1) is 21.7. The number of fused-ring (bicyclic) bond motifs is 2. The molecule has 4 rings (SSSR count). The van der Waals surface area contributed by atoms with Crippen LogP contribution in [0.25, 0.3) is 0 Å². The van der Waals surface area contributed by atoms with E-state index in [1.165, 1.54) is 19.3 Å². The van der Waals surface area contributed by atoms with E-state index in [0.717, 1.165) is 5.56 Å². The van der Waals surface area contributed by atoms with Gasteiger partial charge in [0.15, 0.2) is 9.84 Å². The van der Waals surface area contributed by atoms with Crippen LogP contribution in [-0.4, -0.2) is 31.8 Å². The number of nitrogens with zero attached hydrogens (tertiary/aromatic N) is 1. The van der Waals surface area contributed by atoms with Gasteiger partial charge in [-0.05, 0) is 28.8 Å². The lowest BCUT2D eigenvalue weighted by atomic mass is 9.95. The number of nitrogens with one attached hydrogen (secondary N) is 3. The molecule has 0 fully saturated rings. The maximum Gasteiger partial charge on any atom is 0.238 e. The van der Waals surface area contributed by atoms with Crippen molar-refractivity contribution in [2.24, 2.45) is 0 Å². The largest absolute Gasteiger partial charge is 0.325 e. The Labute approximate surface area is 186 Å². The summed E-state index contributed by atoms with van der Waals surface area (Å²) in [5, 5.41) is 8.57. The molecule has 2 heterocycles.